The summed E-state index contributed by atoms with van der Waals surface area (Å²) >= 11 is 0. The summed E-state index contributed by atoms with van der Waals surface area (Å²) in [4.78, 5) is 33.9. The first-order valence-electron chi connectivity index (χ1n) is 11.3. The lowest BCUT2D eigenvalue weighted by Crippen LogP contribution is -2.39. The maximum atomic E-state index is 13.2. The molecule has 4 heterocycles. The Bertz CT molecular complexity index is 1210. The van der Waals surface area contributed by atoms with Crippen LogP contribution in [0.25, 0.3) is 5.65 Å². The predicted octanol–water partition coefficient (Wildman–Crippen LogP) is 2.66. The van der Waals surface area contributed by atoms with E-state index in [-0.39, 0.29) is 17.5 Å². The molecule has 3 aromatic rings. The van der Waals surface area contributed by atoms with E-state index in [1.165, 1.54) is 5.56 Å². The van der Waals surface area contributed by atoms with Gasteiger partial charge in [0, 0.05) is 32.5 Å². The molecule has 1 fully saturated rings. The number of carbonyl (C=O) groups excluding carboxylic acids is 1. The molecule has 0 unspecified atom stereocenters. The number of piperidine rings is 1. The summed E-state index contributed by atoms with van der Waals surface area (Å²) in [5.74, 6) is 0.852. The molecular weight excluding hydrogens is 406 g/mol. The first kappa shape index (κ1) is 20.8. The molecule has 1 amide bonds. The Morgan fingerprint density at radius 1 is 1.25 bits per heavy atom. The molecule has 1 saturated heterocycles. The number of aromatic nitrogens is 3. The van der Waals surface area contributed by atoms with E-state index < -0.39 is 0 Å². The number of rotatable bonds is 4. The zero-order valence-corrected chi connectivity index (χ0v) is 18.6. The fourth-order valence-electron chi connectivity index (χ4n) is 4.98. The van der Waals surface area contributed by atoms with Crippen molar-refractivity contribution in [3.8, 4) is 5.75 Å². The van der Waals surface area contributed by atoms with Crippen LogP contribution >= 0.6 is 0 Å². The second kappa shape index (κ2) is 8.43. The third-order valence-corrected chi connectivity index (χ3v) is 6.72. The molecule has 0 aliphatic carbocycles. The molecule has 168 valence electrons. The number of ether oxygens (including phenoxy) is 1. The molecular formula is C24H29N5O3. The van der Waals surface area contributed by atoms with E-state index in [1.54, 1.807) is 23.4 Å². The lowest BCUT2D eigenvalue weighted by molar-refractivity contribution is -0.129. The second-order valence-electron chi connectivity index (χ2n) is 8.77. The van der Waals surface area contributed by atoms with Crippen LogP contribution in [0, 0.1) is 0 Å². The predicted molar refractivity (Wildman–Crippen MR) is 121 cm³/mol. The average molecular weight is 436 g/mol. The van der Waals surface area contributed by atoms with Gasteiger partial charge in [-0.05, 0) is 37.1 Å². The minimum atomic E-state index is -0.0997. The van der Waals surface area contributed by atoms with Crippen molar-refractivity contribution >= 4 is 11.6 Å². The normalized spacial score (nSPS) is 19.2. The number of methoxy groups -OCH3 is 1. The van der Waals surface area contributed by atoms with E-state index in [4.69, 9.17) is 9.72 Å². The van der Waals surface area contributed by atoms with Crippen molar-refractivity contribution in [3.05, 3.63) is 63.2 Å². The third-order valence-electron chi connectivity index (χ3n) is 6.72. The van der Waals surface area contributed by atoms with Crippen LogP contribution in [0.4, 0.5) is 0 Å². The Balaban J connectivity index is 1.47. The number of hydrogen-bond acceptors (Lipinski definition) is 5. The van der Waals surface area contributed by atoms with Gasteiger partial charge in [0.05, 0.1) is 36.6 Å². The van der Waals surface area contributed by atoms with Crippen LogP contribution in [0.2, 0.25) is 0 Å². The number of likely N-dealkylation sites (tertiary alicyclic amines) is 1. The molecule has 0 spiro atoms. The molecule has 0 radical (unpaired) electrons. The van der Waals surface area contributed by atoms with E-state index >= 15 is 0 Å². The highest BCUT2D eigenvalue weighted by molar-refractivity contribution is 5.73. The zero-order valence-electron chi connectivity index (χ0n) is 18.6. The average Bonchev–Trinajstić information content (AvgIpc) is 3.23. The van der Waals surface area contributed by atoms with Gasteiger partial charge < -0.3 is 9.64 Å². The fourth-order valence-corrected chi connectivity index (χ4v) is 4.98. The van der Waals surface area contributed by atoms with E-state index in [0.29, 0.717) is 30.7 Å². The Morgan fingerprint density at radius 3 is 2.94 bits per heavy atom. The van der Waals surface area contributed by atoms with Crippen LogP contribution in [0.3, 0.4) is 0 Å². The van der Waals surface area contributed by atoms with Crippen molar-refractivity contribution in [1.82, 2.24) is 24.4 Å². The molecule has 8 nitrogen and oxygen atoms in total. The van der Waals surface area contributed by atoms with Gasteiger partial charge in [-0.25, -0.2) is 9.50 Å². The topological polar surface area (TPSA) is 82.9 Å². The molecule has 5 rings (SSSR count). The van der Waals surface area contributed by atoms with Crippen LogP contribution in [-0.2, 0) is 24.3 Å². The number of benzene rings is 1. The molecule has 0 bridgehead atoms. The highest BCUT2D eigenvalue weighted by atomic mass is 16.5. The quantitative estimate of drug-likeness (QED) is 0.681. The zero-order chi connectivity index (χ0) is 22.2. The SMILES string of the molecule is COc1cccc(CN2CCCC[C@@H]2c2cc3nc4c(c(=O)n3[nH]2)CN(C(C)=O)CC4)c1. The smallest absolute Gasteiger partial charge is 0.277 e. The van der Waals surface area contributed by atoms with Crippen LogP contribution in [0.15, 0.2) is 35.1 Å². The van der Waals surface area contributed by atoms with E-state index in [1.807, 2.05) is 18.2 Å². The summed E-state index contributed by atoms with van der Waals surface area (Å²) in [6, 6.07) is 10.4. The summed E-state index contributed by atoms with van der Waals surface area (Å²) in [6.45, 7) is 4.31. The highest BCUT2D eigenvalue weighted by Gasteiger charge is 2.28. The molecule has 0 saturated carbocycles. The molecule has 1 N–H and O–H groups in total. The number of fused-ring (bicyclic) bond motifs is 2. The standard InChI is InChI=1S/C24H29N5O3/c1-16(30)27-11-9-20-19(15-27)24(31)29-23(25-20)13-21(26-29)22-8-3-4-10-28(22)14-17-6-5-7-18(12-17)32-2/h5-7,12-13,22,26H,3-4,8-11,14-15H2,1-2H3/t22-/m1/s1. The fraction of sp³-hybridized carbons (Fsp3) is 0.458. The van der Waals surface area contributed by atoms with Crippen molar-refractivity contribution < 1.29 is 9.53 Å². The van der Waals surface area contributed by atoms with E-state index in [0.717, 1.165) is 49.5 Å². The molecule has 1 aromatic carbocycles. The number of aromatic amines is 1. The molecule has 1 atom stereocenters. The van der Waals surface area contributed by atoms with Crippen molar-refractivity contribution in [2.75, 3.05) is 20.2 Å². The number of amides is 1. The summed E-state index contributed by atoms with van der Waals surface area (Å²) < 4.78 is 6.94. The molecule has 32 heavy (non-hydrogen) atoms. The largest absolute Gasteiger partial charge is 0.497 e. The van der Waals surface area contributed by atoms with Crippen molar-refractivity contribution in [2.24, 2.45) is 0 Å². The van der Waals surface area contributed by atoms with Crippen molar-refractivity contribution in [1.29, 1.82) is 0 Å². The van der Waals surface area contributed by atoms with E-state index in [2.05, 4.69) is 22.1 Å². The Hall–Kier alpha value is -3.13. The molecule has 2 aromatic heterocycles. The van der Waals surface area contributed by atoms with Gasteiger partial charge in [-0.1, -0.05) is 18.6 Å². The third kappa shape index (κ3) is 3.79. The lowest BCUT2D eigenvalue weighted by Gasteiger charge is -2.35. The highest BCUT2D eigenvalue weighted by Crippen LogP contribution is 2.32. The number of nitrogens with one attached hydrogen (secondary N) is 1. The number of carbonyl (C=O) groups is 1. The molecule has 8 heteroatoms. The van der Waals surface area contributed by atoms with Gasteiger partial charge >= 0.3 is 0 Å². The number of H-pyrrole nitrogens is 1. The minimum absolute atomic E-state index is 0.0114. The molecule has 2 aliphatic rings. The number of nitrogens with zero attached hydrogens (tertiary/aromatic N) is 4. The Labute approximate surface area is 186 Å². The summed E-state index contributed by atoms with van der Waals surface area (Å²) in [6.07, 6.45) is 3.96. The first-order chi connectivity index (χ1) is 15.5. The first-order valence-corrected chi connectivity index (χ1v) is 11.3. The van der Waals surface area contributed by atoms with Gasteiger partial charge in [0.25, 0.3) is 5.56 Å². The maximum absolute atomic E-state index is 13.2. The Morgan fingerprint density at radius 2 is 2.12 bits per heavy atom. The van der Waals surface area contributed by atoms with Gasteiger partial charge in [0.2, 0.25) is 5.91 Å². The minimum Gasteiger partial charge on any atom is -0.497 e. The van der Waals surface area contributed by atoms with Crippen LogP contribution in [-0.4, -0.2) is 50.5 Å². The van der Waals surface area contributed by atoms with Crippen LogP contribution in [0.1, 0.15) is 54.7 Å². The monoisotopic (exact) mass is 435 g/mol. The van der Waals surface area contributed by atoms with Gasteiger partial charge in [-0.3, -0.25) is 19.6 Å². The second-order valence-corrected chi connectivity index (χ2v) is 8.77. The summed E-state index contributed by atoms with van der Waals surface area (Å²) in [7, 11) is 1.69. The maximum Gasteiger partial charge on any atom is 0.277 e. The van der Waals surface area contributed by atoms with Gasteiger partial charge in [-0.2, -0.15) is 0 Å². The van der Waals surface area contributed by atoms with Gasteiger partial charge in [0.1, 0.15) is 5.75 Å². The molecule has 2 aliphatic heterocycles. The Kier molecular flexibility index (Phi) is 5.46. The lowest BCUT2D eigenvalue weighted by atomic mass is 9.98. The summed E-state index contributed by atoms with van der Waals surface area (Å²) in [5.41, 5.74) is 4.22. The van der Waals surface area contributed by atoms with Crippen LogP contribution in [0.5, 0.6) is 5.75 Å². The van der Waals surface area contributed by atoms with Crippen LogP contribution < -0.4 is 10.3 Å². The van der Waals surface area contributed by atoms with Crippen molar-refractivity contribution in [3.63, 3.8) is 0 Å². The van der Waals surface area contributed by atoms with Crippen molar-refractivity contribution in [2.45, 2.75) is 51.7 Å². The van der Waals surface area contributed by atoms with E-state index in [9.17, 15) is 9.59 Å². The summed E-state index contributed by atoms with van der Waals surface area (Å²) in [5, 5.41) is 3.34. The van der Waals surface area contributed by atoms with Gasteiger partial charge in [-0.15, -0.1) is 0 Å². The van der Waals surface area contributed by atoms with Gasteiger partial charge in [0.15, 0.2) is 5.65 Å². The number of hydrogen-bond donors (Lipinski definition) is 1.